The molecular formula is C20H19N3O3. The first kappa shape index (κ1) is 16.5. The Kier molecular flexibility index (Phi) is 4.05. The van der Waals surface area contributed by atoms with Crippen molar-refractivity contribution < 1.29 is 14.4 Å². The van der Waals surface area contributed by atoms with Crippen LogP contribution in [-0.4, -0.2) is 46.7 Å². The average Bonchev–Trinajstić information content (AvgIpc) is 3.19. The van der Waals surface area contributed by atoms with E-state index in [2.05, 4.69) is 0 Å². The summed E-state index contributed by atoms with van der Waals surface area (Å²) >= 11 is 0. The van der Waals surface area contributed by atoms with E-state index in [1.165, 1.54) is 11.0 Å². The summed E-state index contributed by atoms with van der Waals surface area (Å²) in [5, 5.41) is 0. The lowest BCUT2D eigenvalue weighted by Gasteiger charge is -2.16. The third kappa shape index (κ3) is 2.78. The SMILES string of the molecule is NC1CCN(C(=O)c2ccc3c(c2)C(=O)N(Cc2ccccc2)C3=O)C1. The molecule has 1 saturated heterocycles. The molecule has 0 saturated carbocycles. The van der Waals surface area contributed by atoms with Gasteiger partial charge in [0.25, 0.3) is 17.7 Å². The van der Waals surface area contributed by atoms with E-state index in [1.807, 2.05) is 30.3 Å². The van der Waals surface area contributed by atoms with Crippen LogP contribution in [0.4, 0.5) is 0 Å². The molecule has 0 spiro atoms. The predicted octanol–water partition coefficient (Wildman–Crippen LogP) is 1.66. The Bertz CT molecular complexity index is 894. The van der Waals surface area contributed by atoms with Crippen molar-refractivity contribution in [1.82, 2.24) is 9.80 Å². The second kappa shape index (κ2) is 6.38. The van der Waals surface area contributed by atoms with E-state index >= 15 is 0 Å². The van der Waals surface area contributed by atoms with Crippen LogP contribution in [0.1, 0.15) is 43.1 Å². The monoisotopic (exact) mass is 349 g/mol. The first-order valence-electron chi connectivity index (χ1n) is 8.63. The molecule has 2 heterocycles. The Morgan fingerprint density at radius 3 is 2.46 bits per heavy atom. The first-order valence-corrected chi connectivity index (χ1v) is 8.63. The van der Waals surface area contributed by atoms with Gasteiger partial charge in [-0.2, -0.15) is 0 Å². The summed E-state index contributed by atoms with van der Waals surface area (Å²) < 4.78 is 0. The number of nitrogens with two attached hydrogens (primary N) is 1. The van der Waals surface area contributed by atoms with E-state index in [-0.39, 0.29) is 30.3 Å². The van der Waals surface area contributed by atoms with Gasteiger partial charge in [0.1, 0.15) is 0 Å². The Hall–Kier alpha value is -2.99. The number of fused-ring (bicyclic) bond motifs is 1. The smallest absolute Gasteiger partial charge is 0.261 e. The molecule has 0 bridgehead atoms. The molecule has 1 atom stereocenters. The van der Waals surface area contributed by atoms with Crippen molar-refractivity contribution in [2.45, 2.75) is 19.0 Å². The van der Waals surface area contributed by atoms with Gasteiger partial charge < -0.3 is 10.6 Å². The summed E-state index contributed by atoms with van der Waals surface area (Å²) in [6.07, 6.45) is 0.777. The Balaban J connectivity index is 1.59. The molecule has 4 rings (SSSR count). The molecule has 2 N–H and O–H groups in total. The second-order valence-corrected chi connectivity index (χ2v) is 6.74. The molecule has 132 valence electrons. The Labute approximate surface area is 151 Å². The molecule has 2 aromatic rings. The first-order chi connectivity index (χ1) is 12.5. The molecule has 6 nitrogen and oxygen atoms in total. The van der Waals surface area contributed by atoms with Crippen molar-refractivity contribution in [2.75, 3.05) is 13.1 Å². The number of imide groups is 1. The van der Waals surface area contributed by atoms with Crippen molar-refractivity contribution in [2.24, 2.45) is 5.73 Å². The molecule has 2 aromatic carbocycles. The molecule has 0 aliphatic carbocycles. The number of hydrogen-bond donors (Lipinski definition) is 1. The van der Waals surface area contributed by atoms with E-state index in [9.17, 15) is 14.4 Å². The van der Waals surface area contributed by atoms with Crippen molar-refractivity contribution >= 4 is 17.7 Å². The minimum Gasteiger partial charge on any atom is -0.337 e. The molecular weight excluding hydrogens is 330 g/mol. The lowest BCUT2D eigenvalue weighted by Crippen LogP contribution is -2.32. The van der Waals surface area contributed by atoms with Crippen LogP contribution in [0.2, 0.25) is 0 Å². The lowest BCUT2D eigenvalue weighted by molar-refractivity contribution is 0.0642. The highest BCUT2D eigenvalue weighted by atomic mass is 16.2. The van der Waals surface area contributed by atoms with Crippen LogP contribution in [0.3, 0.4) is 0 Å². The molecule has 26 heavy (non-hydrogen) atoms. The minimum atomic E-state index is -0.360. The van der Waals surface area contributed by atoms with Gasteiger partial charge in [0.05, 0.1) is 17.7 Å². The van der Waals surface area contributed by atoms with E-state index in [1.54, 1.807) is 17.0 Å². The number of nitrogens with zero attached hydrogens (tertiary/aromatic N) is 2. The number of benzene rings is 2. The van der Waals surface area contributed by atoms with Gasteiger partial charge in [-0.05, 0) is 30.2 Å². The van der Waals surface area contributed by atoms with Crippen LogP contribution in [0.15, 0.2) is 48.5 Å². The zero-order valence-corrected chi connectivity index (χ0v) is 14.2. The topological polar surface area (TPSA) is 83.7 Å². The number of amides is 3. The van der Waals surface area contributed by atoms with Gasteiger partial charge in [0, 0.05) is 24.7 Å². The molecule has 1 fully saturated rings. The van der Waals surface area contributed by atoms with Crippen molar-refractivity contribution in [3.63, 3.8) is 0 Å². The molecule has 6 heteroatoms. The van der Waals surface area contributed by atoms with E-state index in [0.29, 0.717) is 29.8 Å². The number of likely N-dealkylation sites (tertiary alicyclic amines) is 1. The molecule has 0 aromatic heterocycles. The zero-order chi connectivity index (χ0) is 18.3. The summed E-state index contributed by atoms with van der Waals surface area (Å²) in [6.45, 7) is 1.35. The number of hydrogen-bond acceptors (Lipinski definition) is 4. The standard InChI is InChI=1S/C20H19N3O3/c21-15-8-9-22(12-15)18(24)14-6-7-16-17(10-14)20(26)23(19(16)25)11-13-4-2-1-3-5-13/h1-7,10,15H,8-9,11-12,21H2. The lowest BCUT2D eigenvalue weighted by atomic mass is 10.0. The van der Waals surface area contributed by atoms with Gasteiger partial charge in [-0.25, -0.2) is 0 Å². The van der Waals surface area contributed by atoms with Gasteiger partial charge in [0.2, 0.25) is 0 Å². The second-order valence-electron chi connectivity index (χ2n) is 6.74. The van der Waals surface area contributed by atoms with Gasteiger partial charge in [-0.1, -0.05) is 30.3 Å². The Morgan fingerprint density at radius 1 is 1.04 bits per heavy atom. The van der Waals surface area contributed by atoms with Crippen LogP contribution in [0, 0.1) is 0 Å². The maximum Gasteiger partial charge on any atom is 0.261 e. The third-order valence-electron chi connectivity index (χ3n) is 4.91. The predicted molar refractivity (Wildman–Crippen MR) is 95.6 cm³/mol. The highest BCUT2D eigenvalue weighted by molar-refractivity contribution is 6.22. The summed E-state index contributed by atoms with van der Waals surface area (Å²) in [6, 6.07) is 14.1. The van der Waals surface area contributed by atoms with Gasteiger partial charge in [-0.15, -0.1) is 0 Å². The largest absolute Gasteiger partial charge is 0.337 e. The van der Waals surface area contributed by atoms with Crippen LogP contribution in [0.5, 0.6) is 0 Å². The normalized spacial score (nSPS) is 19.2. The van der Waals surface area contributed by atoms with Crippen molar-refractivity contribution in [1.29, 1.82) is 0 Å². The molecule has 2 aliphatic heterocycles. The summed E-state index contributed by atoms with van der Waals surface area (Å²) in [4.78, 5) is 40.8. The Morgan fingerprint density at radius 2 is 1.77 bits per heavy atom. The molecule has 2 aliphatic rings. The van der Waals surface area contributed by atoms with Crippen molar-refractivity contribution in [3.8, 4) is 0 Å². The fraction of sp³-hybridized carbons (Fsp3) is 0.250. The van der Waals surface area contributed by atoms with Crippen LogP contribution in [-0.2, 0) is 6.54 Å². The average molecular weight is 349 g/mol. The highest BCUT2D eigenvalue weighted by Crippen LogP contribution is 2.26. The fourth-order valence-corrected chi connectivity index (χ4v) is 3.49. The third-order valence-corrected chi connectivity index (χ3v) is 4.91. The fourth-order valence-electron chi connectivity index (χ4n) is 3.49. The van der Waals surface area contributed by atoms with Gasteiger partial charge in [0.15, 0.2) is 0 Å². The molecule has 0 radical (unpaired) electrons. The van der Waals surface area contributed by atoms with E-state index < -0.39 is 0 Å². The zero-order valence-electron chi connectivity index (χ0n) is 14.2. The highest BCUT2D eigenvalue weighted by Gasteiger charge is 2.36. The number of carbonyl (C=O) groups excluding carboxylic acids is 3. The maximum absolute atomic E-state index is 12.7. The summed E-state index contributed by atoms with van der Waals surface area (Å²) in [5.74, 6) is -0.833. The van der Waals surface area contributed by atoms with Crippen LogP contribution >= 0.6 is 0 Å². The quantitative estimate of drug-likeness (QED) is 0.854. The minimum absolute atomic E-state index is 0.00190. The van der Waals surface area contributed by atoms with Crippen LogP contribution in [0.25, 0.3) is 0 Å². The van der Waals surface area contributed by atoms with E-state index in [4.69, 9.17) is 5.73 Å². The van der Waals surface area contributed by atoms with Gasteiger partial charge >= 0.3 is 0 Å². The van der Waals surface area contributed by atoms with Gasteiger partial charge in [-0.3, -0.25) is 19.3 Å². The number of rotatable bonds is 3. The summed E-state index contributed by atoms with van der Waals surface area (Å²) in [7, 11) is 0. The molecule has 1 unspecified atom stereocenters. The van der Waals surface area contributed by atoms with E-state index in [0.717, 1.165) is 12.0 Å². The number of carbonyl (C=O) groups is 3. The molecule has 3 amide bonds. The van der Waals surface area contributed by atoms with Crippen LogP contribution < -0.4 is 5.73 Å². The maximum atomic E-state index is 12.7. The summed E-state index contributed by atoms with van der Waals surface area (Å²) in [5.41, 5.74) is 7.80. The van der Waals surface area contributed by atoms with Crippen molar-refractivity contribution in [3.05, 3.63) is 70.8 Å².